The summed E-state index contributed by atoms with van der Waals surface area (Å²) in [7, 11) is 0. The summed E-state index contributed by atoms with van der Waals surface area (Å²) in [5.41, 5.74) is 3.83. The topological polar surface area (TPSA) is 33.7 Å². The van der Waals surface area contributed by atoms with Crippen molar-refractivity contribution in [3.05, 3.63) is 65.7 Å². The van der Waals surface area contributed by atoms with Gasteiger partial charge >= 0.3 is 0 Å². The predicted octanol–water partition coefficient (Wildman–Crippen LogP) is 3.58. The van der Waals surface area contributed by atoms with Crippen LogP contribution in [-0.2, 0) is 6.54 Å². The molecule has 0 unspecified atom stereocenters. The highest BCUT2D eigenvalue weighted by atomic mass is 32.1. The molecule has 0 atom stereocenters. The van der Waals surface area contributed by atoms with Gasteiger partial charge in [0.15, 0.2) is 16.6 Å². The minimum atomic E-state index is 0.300. The van der Waals surface area contributed by atoms with E-state index in [9.17, 15) is 0 Å². The van der Waals surface area contributed by atoms with Crippen LogP contribution in [0.5, 0.6) is 11.5 Å². The first-order valence-corrected chi connectivity index (χ1v) is 8.86. The van der Waals surface area contributed by atoms with E-state index in [0.717, 1.165) is 41.7 Å². The van der Waals surface area contributed by atoms with Gasteiger partial charge in [0.1, 0.15) is 0 Å². The summed E-state index contributed by atoms with van der Waals surface area (Å²) in [6.07, 6.45) is 3.28. The lowest BCUT2D eigenvalue weighted by atomic mass is 10.00. The Labute approximate surface area is 153 Å². The summed E-state index contributed by atoms with van der Waals surface area (Å²) in [5.74, 6) is 1.61. The third-order valence-corrected chi connectivity index (χ3v) is 4.92. The van der Waals surface area contributed by atoms with Crippen molar-refractivity contribution in [2.45, 2.75) is 13.0 Å². The largest absolute Gasteiger partial charge is 0.454 e. The Morgan fingerprint density at radius 2 is 1.92 bits per heavy atom. The van der Waals surface area contributed by atoms with E-state index in [1.807, 2.05) is 24.3 Å². The summed E-state index contributed by atoms with van der Waals surface area (Å²) in [5, 5.41) is 4.14. The van der Waals surface area contributed by atoms with Crippen LogP contribution in [0.2, 0.25) is 0 Å². The van der Waals surface area contributed by atoms with Gasteiger partial charge in [-0.15, -0.1) is 0 Å². The van der Waals surface area contributed by atoms with Crippen molar-refractivity contribution < 1.29 is 9.47 Å². The number of ether oxygens (including phenoxy) is 2. The van der Waals surface area contributed by atoms with Gasteiger partial charge in [-0.2, -0.15) is 0 Å². The molecule has 0 saturated heterocycles. The number of thiocarbonyl (C=S) groups is 1. The fraction of sp³-hybridized carbons (Fsp3) is 0.250. The van der Waals surface area contributed by atoms with Crippen molar-refractivity contribution in [2.75, 3.05) is 19.9 Å². The lowest BCUT2D eigenvalue weighted by Crippen LogP contribution is -2.41. The van der Waals surface area contributed by atoms with Crippen LogP contribution >= 0.6 is 12.2 Å². The molecule has 0 fully saturated rings. The molecule has 0 aromatic heterocycles. The third kappa shape index (κ3) is 3.61. The molecule has 0 aliphatic carbocycles. The van der Waals surface area contributed by atoms with Crippen molar-refractivity contribution in [3.8, 4) is 11.5 Å². The Bertz CT molecular complexity index is 805. The zero-order valence-electron chi connectivity index (χ0n) is 13.9. The van der Waals surface area contributed by atoms with Crippen molar-refractivity contribution in [3.63, 3.8) is 0 Å². The van der Waals surface area contributed by atoms with Crippen LogP contribution in [-0.4, -0.2) is 29.9 Å². The van der Waals surface area contributed by atoms with Crippen LogP contribution < -0.4 is 14.8 Å². The van der Waals surface area contributed by atoms with Crippen molar-refractivity contribution in [1.82, 2.24) is 10.2 Å². The first-order chi connectivity index (χ1) is 12.3. The second-order valence-corrected chi connectivity index (χ2v) is 6.52. The summed E-state index contributed by atoms with van der Waals surface area (Å²) >= 11 is 5.56. The second kappa shape index (κ2) is 7.15. The molecule has 2 heterocycles. The summed E-state index contributed by atoms with van der Waals surface area (Å²) in [6, 6.07) is 16.5. The molecule has 2 aromatic carbocycles. The summed E-state index contributed by atoms with van der Waals surface area (Å²) in [4.78, 5) is 2.20. The molecule has 0 bridgehead atoms. The van der Waals surface area contributed by atoms with Gasteiger partial charge in [0, 0.05) is 19.6 Å². The second-order valence-electron chi connectivity index (χ2n) is 6.14. The van der Waals surface area contributed by atoms with E-state index in [0.29, 0.717) is 13.3 Å². The van der Waals surface area contributed by atoms with Crippen LogP contribution in [0.1, 0.15) is 17.5 Å². The highest BCUT2D eigenvalue weighted by Gasteiger charge is 2.16. The SMILES string of the molecule is S=C(NCc1ccc2c(c1)OCO2)N1CC=C(c2ccccc2)CC1. The molecular weight excluding hydrogens is 332 g/mol. The van der Waals surface area contributed by atoms with Crippen molar-refractivity contribution in [1.29, 1.82) is 0 Å². The molecule has 4 rings (SSSR count). The maximum atomic E-state index is 5.56. The molecule has 2 aliphatic rings. The van der Waals surface area contributed by atoms with Gasteiger partial charge in [0.2, 0.25) is 6.79 Å². The van der Waals surface area contributed by atoms with Crippen LogP contribution in [0, 0.1) is 0 Å². The highest BCUT2D eigenvalue weighted by Crippen LogP contribution is 2.32. The molecule has 4 nitrogen and oxygen atoms in total. The molecule has 0 saturated carbocycles. The standard InChI is InChI=1S/C20H20N2O2S/c25-20(21-13-15-6-7-18-19(12-15)24-14-23-18)22-10-8-17(9-11-22)16-4-2-1-3-5-16/h1-8,12H,9-11,13-14H2,(H,21,25). The Kier molecular flexibility index (Phi) is 4.57. The Hall–Kier alpha value is -2.53. The highest BCUT2D eigenvalue weighted by molar-refractivity contribution is 7.80. The van der Waals surface area contributed by atoms with E-state index in [-0.39, 0.29) is 0 Å². The van der Waals surface area contributed by atoms with Crippen LogP contribution in [0.3, 0.4) is 0 Å². The number of hydrogen-bond acceptors (Lipinski definition) is 3. The monoisotopic (exact) mass is 352 g/mol. The van der Waals surface area contributed by atoms with Crippen molar-refractivity contribution >= 4 is 22.9 Å². The van der Waals surface area contributed by atoms with Crippen molar-refractivity contribution in [2.24, 2.45) is 0 Å². The van der Waals surface area contributed by atoms with E-state index in [1.54, 1.807) is 0 Å². The number of fused-ring (bicyclic) bond motifs is 1. The molecule has 2 aliphatic heterocycles. The van der Waals surface area contributed by atoms with Crippen LogP contribution in [0.15, 0.2) is 54.6 Å². The molecule has 0 amide bonds. The van der Waals surface area contributed by atoms with E-state index >= 15 is 0 Å². The first-order valence-electron chi connectivity index (χ1n) is 8.45. The predicted molar refractivity (Wildman–Crippen MR) is 103 cm³/mol. The number of nitrogens with one attached hydrogen (secondary N) is 1. The molecule has 0 radical (unpaired) electrons. The van der Waals surface area contributed by atoms with Crippen LogP contribution in [0.25, 0.3) is 5.57 Å². The average Bonchev–Trinajstić information content (AvgIpc) is 3.15. The average molecular weight is 352 g/mol. The molecule has 1 N–H and O–H groups in total. The van der Waals surface area contributed by atoms with Gasteiger partial charge < -0.3 is 19.7 Å². The van der Waals surface area contributed by atoms with Gasteiger partial charge in [-0.25, -0.2) is 0 Å². The lowest BCUT2D eigenvalue weighted by molar-refractivity contribution is 0.174. The fourth-order valence-corrected chi connectivity index (χ4v) is 3.35. The normalized spacial score (nSPS) is 15.7. The van der Waals surface area contributed by atoms with Gasteiger partial charge in [0.05, 0.1) is 0 Å². The fourth-order valence-electron chi connectivity index (χ4n) is 3.11. The molecule has 2 aromatic rings. The first kappa shape index (κ1) is 16.0. The molecule has 0 spiro atoms. The van der Waals surface area contributed by atoms with E-state index < -0.39 is 0 Å². The smallest absolute Gasteiger partial charge is 0.231 e. The molecule has 5 heteroatoms. The molecular formula is C20H20N2O2S. The van der Waals surface area contributed by atoms with E-state index in [1.165, 1.54) is 11.1 Å². The Morgan fingerprint density at radius 1 is 1.08 bits per heavy atom. The maximum absolute atomic E-state index is 5.56. The zero-order valence-corrected chi connectivity index (χ0v) is 14.7. The van der Waals surface area contributed by atoms with Crippen LogP contribution in [0.4, 0.5) is 0 Å². The quantitative estimate of drug-likeness (QED) is 0.854. The number of hydrogen-bond donors (Lipinski definition) is 1. The van der Waals surface area contributed by atoms with E-state index in [2.05, 4.69) is 40.6 Å². The maximum Gasteiger partial charge on any atom is 0.231 e. The summed E-state index contributed by atoms with van der Waals surface area (Å²) < 4.78 is 10.8. The number of benzene rings is 2. The zero-order chi connectivity index (χ0) is 17.1. The lowest BCUT2D eigenvalue weighted by Gasteiger charge is -2.29. The van der Waals surface area contributed by atoms with Gasteiger partial charge in [-0.05, 0) is 47.5 Å². The molecule has 128 valence electrons. The van der Waals surface area contributed by atoms with E-state index in [4.69, 9.17) is 21.7 Å². The minimum Gasteiger partial charge on any atom is -0.454 e. The Balaban J connectivity index is 1.33. The third-order valence-electron chi connectivity index (χ3n) is 4.52. The minimum absolute atomic E-state index is 0.300. The number of rotatable bonds is 3. The summed E-state index contributed by atoms with van der Waals surface area (Å²) in [6.45, 7) is 2.76. The number of nitrogens with zero attached hydrogens (tertiary/aromatic N) is 1. The molecule has 25 heavy (non-hydrogen) atoms. The van der Waals surface area contributed by atoms with Gasteiger partial charge in [0.25, 0.3) is 0 Å². The Morgan fingerprint density at radius 3 is 2.72 bits per heavy atom. The van der Waals surface area contributed by atoms with Gasteiger partial charge in [-0.1, -0.05) is 42.5 Å². The van der Waals surface area contributed by atoms with Gasteiger partial charge in [-0.3, -0.25) is 0 Å².